The molecule has 0 spiro atoms. The minimum Gasteiger partial charge on any atom is -0.333 e. The van der Waals surface area contributed by atoms with Gasteiger partial charge in [0.05, 0.1) is 36.1 Å². The molecule has 1 aromatic rings. The van der Waals surface area contributed by atoms with E-state index in [1.165, 1.54) is 12.1 Å². The summed E-state index contributed by atoms with van der Waals surface area (Å²) in [7, 11) is -2.84. The van der Waals surface area contributed by atoms with E-state index in [2.05, 4.69) is 37.8 Å². The third kappa shape index (κ3) is 3.40. The van der Waals surface area contributed by atoms with Crippen LogP contribution in [0.5, 0.6) is 0 Å². The molecule has 0 saturated carbocycles. The summed E-state index contributed by atoms with van der Waals surface area (Å²) < 4.78 is 16.4. The van der Waals surface area contributed by atoms with E-state index in [9.17, 15) is 14.3 Å². The Morgan fingerprint density at radius 1 is 1.37 bits per heavy atom. The Bertz CT molecular complexity index is 929. The second-order valence-electron chi connectivity index (χ2n) is 6.40. The van der Waals surface area contributed by atoms with Gasteiger partial charge in [0.1, 0.15) is 4.99 Å². The van der Waals surface area contributed by atoms with Gasteiger partial charge in [0, 0.05) is 43.1 Å². The van der Waals surface area contributed by atoms with Gasteiger partial charge in [0.25, 0.3) is 5.69 Å². The van der Waals surface area contributed by atoms with Crippen molar-refractivity contribution in [3.8, 4) is 12.3 Å². The minimum absolute atomic E-state index is 0.0857. The lowest BCUT2D eigenvalue weighted by atomic mass is 10.1. The quantitative estimate of drug-likeness (QED) is 0.212. The molecule has 0 bridgehead atoms. The van der Waals surface area contributed by atoms with Crippen LogP contribution >= 0.6 is 31.9 Å². The molecule has 1 unspecified atom stereocenters. The Morgan fingerprint density at radius 3 is 2.56 bits per heavy atom. The van der Waals surface area contributed by atoms with Crippen LogP contribution in [0.4, 0.5) is 11.4 Å². The van der Waals surface area contributed by atoms with Gasteiger partial charge in [-0.2, -0.15) is 0 Å². The van der Waals surface area contributed by atoms with E-state index in [1.54, 1.807) is 0 Å². The Morgan fingerprint density at radius 2 is 2.04 bits per heavy atom. The monoisotopic (exact) mass is 518 g/mol. The molecule has 1 fully saturated rings. The zero-order valence-electron chi connectivity index (χ0n) is 14.6. The smallest absolute Gasteiger partial charge is 0.272 e. The van der Waals surface area contributed by atoms with Gasteiger partial charge in [-0.1, -0.05) is 37.8 Å². The van der Waals surface area contributed by atoms with E-state index in [4.69, 9.17) is 12.2 Å². The Balaban J connectivity index is 2.30. The highest BCUT2D eigenvalue weighted by molar-refractivity contribution is 9.09. The maximum absolute atomic E-state index is 14.4. The van der Waals surface area contributed by atoms with Crippen LogP contribution in [-0.2, 0) is 9.71 Å². The van der Waals surface area contributed by atoms with E-state index < -0.39 is 14.6 Å². The molecule has 7 nitrogen and oxygen atoms in total. The number of hydrogen-bond donors (Lipinski definition) is 1. The molecule has 3 rings (SSSR count). The molecule has 10 heteroatoms. The van der Waals surface area contributed by atoms with Gasteiger partial charge in [-0.05, 0) is 12.8 Å². The van der Waals surface area contributed by atoms with Crippen molar-refractivity contribution in [2.24, 2.45) is 5.73 Å². The molecule has 0 amide bonds. The van der Waals surface area contributed by atoms with E-state index in [-0.39, 0.29) is 11.7 Å². The van der Waals surface area contributed by atoms with Gasteiger partial charge in [-0.3, -0.25) is 10.1 Å². The SMILES string of the molecule is C#Cc1cc([N+](=O)[O-])cc2c1N(CCBr)C(CBr)=S2(=O)N1CCC(N)CC1. The highest BCUT2D eigenvalue weighted by Crippen LogP contribution is 2.42. The highest BCUT2D eigenvalue weighted by atomic mass is 79.9. The number of nitro benzene ring substituents is 1. The molecule has 1 atom stereocenters. The number of fused-ring (bicyclic) bond motifs is 1. The van der Waals surface area contributed by atoms with Crippen molar-refractivity contribution in [2.45, 2.75) is 23.8 Å². The molecule has 0 aromatic heterocycles. The van der Waals surface area contributed by atoms with Crippen molar-refractivity contribution < 1.29 is 9.13 Å². The summed E-state index contributed by atoms with van der Waals surface area (Å²) in [6.07, 6.45) is 7.13. The number of non-ortho nitro benzene ring substituents is 1. The molecule has 0 aliphatic carbocycles. The summed E-state index contributed by atoms with van der Waals surface area (Å²) in [5, 5.41) is 12.5. The molecular weight excluding hydrogens is 500 g/mol. The lowest BCUT2D eigenvalue weighted by molar-refractivity contribution is -0.385. The molecule has 2 N–H and O–H groups in total. The third-order valence-corrected chi connectivity index (χ3v) is 9.16. The molecule has 0 radical (unpaired) electrons. The number of nitrogens with zero attached hydrogens (tertiary/aromatic N) is 3. The van der Waals surface area contributed by atoms with Gasteiger partial charge < -0.3 is 10.6 Å². The van der Waals surface area contributed by atoms with E-state index >= 15 is 0 Å². The van der Waals surface area contributed by atoms with Gasteiger partial charge in [0.2, 0.25) is 0 Å². The fourth-order valence-corrected chi connectivity index (χ4v) is 8.12. The molecule has 2 heterocycles. The largest absolute Gasteiger partial charge is 0.333 e. The average molecular weight is 520 g/mol. The molecule has 146 valence electrons. The summed E-state index contributed by atoms with van der Waals surface area (Å²) in [5.41, 5.74) is 6.90. The highest BCUT2D eigenvalue weighted by Gasteiger charge is 2.41. The number of nitro groups is 1. The van der Waals surface area contributed by atoms with Crippen molar-refractivity contribution in [3.63, 3.8) is 0 Å². The van der Waals surface area contributed by atoms with Crippen LogP contribution in [0.15, 0.2) is 17.0 Å². The van der Waals surface area contributed by atoms with Crippen molar-refractivity contribution in [1.29, 1.82) is 0 Å². The van der Waals surface area contributed by atoms with Crippen LogP contribution in [0.1, 0.15) is 18.4 Å². The van der Waals surface area contributed by atoms with Crippen molar-refractivity contribution in [2.75, 3.05) is 35.2 Å². The first kappa shape index (κ1) is 20.6. The Labute approximate surface area is 175 Å². The number of terminal acetylenes is 1. The first-order chi connectivity index (χ1) is 12.9. The summed E-state index contributed by atoms with van der Waals surface area (Å²) in [6, 6.07) is 2.88. The van der Waals surface area contributed by atoms with E-state index in [0.29, 0.717) is 51.4 Å². The molecule has 2 aliphatic heterocycles. The van der Waals surface area contributed by atoms with Crippen LogP contribution in [-0.4, -0.2) is 54.8 Å². The maximum Gasteiger partial charge on any atom is 0.272 e. The molecule has 1 saturated heterocycles. The number of rotatable bonds is 5. The van der Waals surface area contributed by atoms with Gasteiger partial charge in [-0.15, -0.1) is 6.42 Å². The lowest BCUT2D eigenvalue weighted by Crippen LogP contribution is -2.45. The summed E-state index contributed by atoms with van der Waals surface area (Å²) >= 11 is 6.92. The number of benzene rings is 1. The van der Waals surface area contributed by atoms with Crippen LogP contribution in [0.2, 0.25) is 0 Å². The second kappa shape index (κ2) is 8.09. The first-order valence-electron chi connectivity index (χ1n) is 8.47. The molecule has 2 aliphatic rings. The fraction of sp³-hybridized carbons (Fsp3) is 0.471. The van der Waals surface area contributed by atoms with E-state index in [1.807, 2.05) is 9.21 Å². The number of hydrogen-bond acceptors (Lipinski definition) is 5. The third-order valence-electron chi connectivity index (χ3n) is 4.90. The number of nitrogens with two attached hydrogens (primary N) is 1. The van der Waals surface area contributed by atoms with Gasteiger partial charge in [0.15, 0.2) is 0 Å². The average Bonchev–Trinajstić information content (AvgIpc) is 2.90. The Hall–Kier alpha value is -1.12. The fourth-order valence-electron chi connectivity index (χ4n) is 3.59. The van der Waals surface area contributed by atoms with E-state index in [0.717, 1.165) is 12.8 Å². The summed E-state index contributed by atoms with van der Waals surface area (Å²) in [4.78, 5) is 14.0. The maximum atomic E-state index is 14.4. The van der Waals surface area contributed by atoms with Crippen LogP contribution in [0.25, 0.3) is 0 Å². The summed E-state index contributed by atoms with van der Waals surface area (Å²) in [5.74, 6) is 2.55. The summed E-state index contributed by atoms with van der Waals surface area (Å²) in [6.45, 7) is 1.71. The Kier molecular flexibility index (Phi) is 6.17. The number of alkyl halides is 2. The zero-order valence-corrected chi connectivity index (χ0v) is 18.6. The van der Waals surface area contributed by atoms with Gasteiger partial charge >= 0.3 is 0 Å². The molecule has 1 aromatic carbocycles. The van der Waals surface area contributed by atoms with Crippen LogP contribution in [0.3, 0.4) is 0 Å². The van der Waals surface area contributed by atoms with Crippen LogP contribution in [0, 0.1) is 22.5 Å². The predicted octanol–water partition coefficient (Wildman–Crippen LogP) is 2.30. The van der Waals surface area contributed by atoms with Crippen molar-refractivity contribution in [1.82, 2.24) is 4.31 Å². The van der Waals surface area contributed by atoms with Crippen LogP contribution < -0.4 is 10.6 Å². The lowest BCUT2D eigenvalue weighted by Gasteiger charge is -2.33. The second-order valence-corrected chi connectivity index (χ2v) is 10.2. The van der Waals surface area contributed by atoms with Gasteiger partial charge in [-0.25, -0.2) is 8.51 Å². The topological polar surface area (TPSA) is 92.7 Å². The zero-order chi connectivity index (χ0) is 19.8. The number of piperidine rings is 1. The molecule has 27 heavy (non-hydrogen) atoms. The van der Waals surface area contributed by atoms with Crippen molar-refractivity contribution in [3.05, 3.63) is 27.8 Å². The number of halogens is 2. The minimum atomic E-state index is -2.84. The molecular formula is C17H20Br2N4O3S. The van der Waals surface area contributed by atoms with Crippen molar-refractivity contribution >= 4 is 57.9 Å². The number of anilines is 1. The first-order valence-corrected chi connectivity index (χ1v) is 12.2. The predicted molar refractivity (Wildman–Crippen MR) is 116 cm³/mol. The standard InChI is InChI=1S/C17H20Br2N4O3S/c1-2-12-9-14(23(24)25)10-15-17(12)22(8-5-18)16(11-19)27(15,26)21-6-3-13(20)4-7-21/h1,9-10,13H,3-8,11,20H2. The normalized spacial score (nSPS) is 23.3.